The molecule has 7 nitrogen and oxygen atoms in total. The maximum atomic E-state index is 12.4. The Morgan fingerprint density at radius 3 is 2.59 bits per heavy atom. The number of hydrogen-bond acceptors (Lipinski definition) is 4. The molecule has 0 fully saturated rings. The summed E-state index contributed by atoms with van der Waals surface area (Å²) in [6, 6.07) is 12.9. The molecule has 2 aromatic heterocycles. The normalized spacial score (nSPS) is 10.7. The van der Waals surface area contributed by atoms with E-state index < -0.39 is 0 Å². The van der Waals surface area contributed by atoms with Gasteiger partial charge in [0.15, 0.2) is 0 Å². The van der Waals surface area contributed by atoms with Gasteiger partial charge in [0.05, 0.1) is 23.5 Å². The lowest BCUT2D eigenvalue weighted by Gasteiger charge is -2.08. The van der Waals surface area contributed by atoms with Crippen molar-refractivity contribution in [3.63, 3.8) is 0 Å². The van der Waals surface area contributed by atoms with Crippen LogP contribution in [0.25, 0.3) is 11.3 Å². The van der Waals surface area contributed by atoms with Gasteiger partial charge in [-0.15, -0.1) is 0 Å². The largest absolute Gasteiger partial charge is 0.350 e. The summed E-state index contributed by atoms with van der Waals surface area (Å²) in [5.74, 6) is -0.192. The third-order valence-corrected chi connectivity index (χ3v) is 4.19. The highest BCUT2D eigenvalue weighted by Crippen LogP contribution is 2.13. The van der Waals surface area contributed by atoms with E-state index in [1.54, 1.807) is 16.9 Å². The summed E-state index contributed by atoms with van der Waals surface area (Å²) in [7, 11) is 0. The summed E-state index contributed by atoms with van der Waals surface area (Å²) in [6.07, 6.45) is 2.71. The Bertz CT molecular complexity index is 976. The highest BCUT2D eigenvalue weighted by molar-refractivity contribution is 5.94. The SMILES string of the molecule is CCCn1cc(C(=O)NCCn2nc(-c3ccccc3)ccc2=O)c(C)n1. The Balaban J connectivity index is 1.65. The minimum Gasteiger partial charge on any atom is -0.350 e. The van der Waals surface area contributed by atoms with Crippen molar-refractivity contribution in [3.8, 4) is 11.3 Å². The molecule has 0 atom stereocenters. The molecule has 0 aliphatic rings. The molecular weight excluding hydrogens is 342 g/mol. The van der Waals surface area contributed by atoms with Gasteiger partial charge in [-0.1, -0.05) is 37.3 Å². The second kappa shape index (κ2) is 8.44. The van der Waals surface area contributed by atoms with Crippen molar-refractivity contribution >= 4 is 5.91 Å². The van der Waals surface area contributed by atoms with E-state index in [1.807, 2.05) is 37.3 Å². The van der Waals surface area contributed by atoms with Crippen molar-refractivity contribution in [1.82, 2.24) is 24.9 Å². The van der Waals surface area contributed by atoms with Gasteiger partial charge in [-0.25, -0.2) is 4.68 Å². The predicted molar refractivity (Wildman–Crippen MR) is 104 cm³/mol. The number of aromatic nitrogens is 4. The zero-order chi connectivity index (χ0) is 19.2. The van der Waals surface area contributed by atoms with E-state index in [-0.39, 0.29) is 11.5 Å². The first-order chi connectivity index (χ1) is 13.1. The van der Waals surface area contributed by atoms with E-state index in [0.717, 1.165) is 24.2 Å². The summed E-state index contributed by atoms with van der Waals surface area (Å²) < 4.78 is 3.15. The van der Waals surface area contributed by atoms with Crippen LogP contribution in [-0.2, 0) is 13.1 Å². The number of aryl methyl sites for hydroxylation is 2. The van der Waals surface area contributed by atoms with Crippen molar-refractivity contribution in [2.45, 2.75) is 33.4 Å². The monoisotopic (exact) mass is 365 g/mol. The number of benzene rings is 1. The lowest BCUT2D eigenvalue weighted by molar-refractivity contribution is 0.0951. The Labute approximate surface area is 157 Å². The highest BCUT2D eigenvalue weighted by atomic mass is 16.2. The van der Waals surface area contributed by atoms with Crippen LogP contribution in [0.3, 0.4) is 0 Å². The van der Waals surface area contributed by atoms with Gasteiger partial charge < -0.3 is 5.32 Å². The molecule has 0 saturated heterocycles. The van der Waals surface area contributed by atoms with Crippen molar-refractivity contribution in [3.05, 3.63) is 70.3 Å². The Morgan fingerprint density at radius 1 is 1.07 bits per heavy atom. The maximum absolute atomic E-state index is 12.4. The van der Waals surface area contributed by atoms with Crippen LogP contribution in [0, 0.1) is 6.92 Å². The van der Waals surface area contributed by atoms with Crippen molar-refractivity contribution in [2.75, 3.05) is 6.54 Å². The first kappa shape index (κ1) is 18.6. The Kier molecular flexibility index (Phi) is 5.80. The van der Waals surface area contributed by atoms with E-state index in [9.17, 15) is 9.59 Å². The number of amides is 1. The lowest BCUT2D eigenvalue weighted by Crippen LogP contribution is -2.32. The molecule has 0 saturated carbocycles. The minimum absolute atomic E-state index is 0.192. The molecule has 0 bridgehead atoms. The number of hydrogen-bond donors (Lipinski definition) is 1. The van der Waals surface area contributed by atoms with Crippen LogP contribution in [0.15, 0.2) is 53.5 Å². The van der Waals surface area contributed by atoms with E-state index >= 15 is 0 Å². The van der Waals surface area contributed by atoms with Crippen LogP contribution >= 0.6 is 0 Å². The summed E-state index contributed by atoms with van der Waals surface area (Å²) >= 11 is 0. The molecule has 1 N–H and O–H groups in total. The summed E-state index contributed by atoms with van der Waals surface area (Å²) in [5, 5.41) is 11.6. The van der Waals surface area contributed by atoms with Gasteiger partial charge in [-0.2, -0.15) is 10.2 Å². The first-order valence-corrected chi connectivity index (χ1v) is 9.04. The molecule has 0 aliphatic heterocycles. The molecule has 7 heteroatoms. The average Bonchev–Trinajstić information content (AvgIpc) is 3.04. The fraction of sp³-hybridized carbons (Fsp3) is 0.300. The van der Waals surface area contributed by atoms with E-state index in [1.165, 1.54) is 10.7 Å². The van der Waals surface area contributed by atoms with Crippen molar-refractivity contribution < 1.29 is 4.79 Å². The zero-order valence-corrected chi connectivity index (χ0v) is 15.6. The number of rotatable bonds is 7. The maximum Gasteiger partial charge on any atom is 0.266 e. The molecule has 140 valence electrons. The number of carbonyl (C=O) groups excluding carboxylic acids is 1. The Hall–Kier alpha value is -3.22. The van der Waals surface area contributed by atoms with Crippen LogP contribution in [0.5, 0.6) is 0 Å². The third kappa shape index (κ3) is 4.49. The van der Waals surface area contributed by atoms with E-state index in [0.29, 0.717) is 24.3 Å². The van der Waals surface area contributed by atoms with Crippen LogP contribution < -0.4 is 10.9 Å². The second-order valence-corrected chi connectivity index (χ2v) is 6.29. The molecule has 1 aromatic carbocycles. The lowest BCUT2D eigenvalue weighted by atomic mass is 10.1. The number of nitrogens with zero attached hydrogens (tertiary/aromatic N) is 4. The summed E-state index contributed by atoms with van der Waals surface area (Å²) in [4.78, 5) is 24.4. The van der Waals surface area contributed by atoms with Gasteiger partial charge in [0.1, 0.15) is 0 Å². The summed E-state index contributed by atoms with van der Waals surface area (Å²) in [6.45, 7) is 5.26. The molecule has 1 amide bonds. The molecule has 0 spiro atoms. The third-order valence-electron chi connectivity index (χ3n) is 4.19. The van der Waals surface area contributed by atoms with Gasteiger partial charge in [0, 0.05) is 30.9 Å². The standard InChI is InChI=1S/C20H23N5O2/c1-3-12-24-14-17(15(2)22-24)20(27)21-11-13-25-19(26)10-9-18(23-25)16-7-5-4-6-8-16/h4-10,14H,3,11-13H2,1-2H3,(H,21,27). The molecular formula is C20H23N5O2. The fourth-order valence-corrected chi connectivity index (χ4v) is 2.83. The highest BCUT2D eigenvalue weighted by Gasteiger charge is 2.13. The Morgan fingerprint density at radius 2 is 1.85 bits per heavy atom. The topological polar surface area (TPSA) is 81.8 Å². The first-order valence-electron chi connectivity index (χ1n) is 9.04. The molecule has 0 unspecified atom stereocenters. The average molecular weight is 365 g/mol. The van der Waals surface area contributed by atoms with E-state index in [4.69, 9.17) is 0 Å². The van der Waals surface area contributed by atoms with Gasteiger partial charge >= 0.3 is 0 Å². The second-order valence-electron chi connectivity index (χ2n) is 6.29. The molecule has 3 aromatic rings. The molecule has 3 rings (SSSR count). The van der Waals surface area contributed by atoms with Gasteiger partial charge in [0.2, 0.25) is 0 Å². The smallest absolute Gasteiger partial charge is 0.266 e. The quantitative estimate of drug-likeness (QED) is 0.696. The van der Waals surface area contributed by atoms with Gasteiger partial charge in [-0.3, -0.25) is 14.3 Å². The van der Waals surface area contributed by atoms with Crippen LogP contribution in [0.4, 0.5) is 0 Å². The summed E-state index contributed by atoms with van der Waals surface area (Å²) in [5.41, 5.74) is 2.72. The molecule has 2 heterocycles. The van der Waals surface area contributed by atoms with Gasteiger partial charge in [-0.05, 0) is 19.4 Å². The zero-order valence-electron chi connectivity index (χ0n) is 15.6. The molecule has 0 aliphatic carbocycles. The van der Waals surface area contributed by atoms with Crippen LogP contribution in [0.1, 0.15) is 29.4 Å². The van der Waals surface area contributed by atoms with E-state index in [2.05, 4.69) is 22.4 Å². The number of carbonyl (C=O) groups is 1. The van der Waals surface area contributed by atoms with Crippen molar-refractivity contribution in [2.24, 2.45) is 0 Å². The molecule has 27 heavy (non-hydrogen) atoms. The fourth-order valence-electron chi connectivity index (χ4n) is 2.83. The predicted octanol–water partition coefficient (Wildman–Crippen LogP) is 2.26. The van der Waals surface area contributed by atoms with Crippen molar-refractivity contribution in [1.29, 1.82) is 0 Å². The van der Waals surface area contributed by atoms with Gasteiger partial charge in [0.25, 0.3) is 11.5 Å². The number of nitrogens with one attached hydrogen (secondary N) is 1. The minimum atomic E-state index is -0.198. The van der Waals surface area contributed by atoms with Crippen LogP contribution in [-0.4, -0.2) is 32.0 Å². The van der Waals surface area contributed by atoms with Crippen LogP contribution in [0.2, 0.25) is 0 Å². The molecule has 0 radical (unpaired) electrons.